The van der Waals surface area contributed by atoms with Crippen LogP contribution in [0.25, 0.3) is 11.1 Å². The van der Waals surface area contributed by atoms with E-state index in [4.69, 9.17) is 16.2 Å². The third-order valence-corrected chi connectivity index (χ3v) is 2.59. The van der Waals surface area contributed by atoms with E-state index in [-0.39, 0.29) is 11.5 Å². The van der Waals surface area contributed by atoms with Crippen molar-refractivity contribution in [3.8, 4) is 22.6 Å². The number of hydrogen-bond acceptors (Lipinski definition) is 4. The Morgan fingerprint density at radius 3 is 2.40 bits per heavy atom. The SMILES string of the molecule is NC(=O)Oc1cc(O)cc(-c2cccc(C(N)=O)c2)c1. The highest BCUT2D eigenvalue weighted by molar-refractivity contribution is 5.94. The van der Waals surface area contributed by atoms with Crippen LogP contribution in [0.1, 0.15) is 10.4 Å². The number of amides is 2. The molecular weight excluding hydrogens is 260 g/mol. The van der Waals surface area contributed by atoms with E-state index in [1.165, 1.54) is 18.2 Å². The van der Waals surface area contributed by atoms with Crippen molar-refractivity contribution in [2.24, 2.45) is 11.5 Å². The highest BCUT2D eigenvalue weighted by Gasteiger charge is 2.08. The Hall–Kier alpha value is -3.02. The van der Waals surface area contributed by atoms with Crippen molar-refractivity contribution in [1.82, 2.24) is 0 Å². The lowest BCUT2D eigenvalue weighted by Crippen LogP contribution is -2.16. The largest absolute Gasteiger partial charge is 0.508 e. The molecule has 0 aliphatic heterocycles. The van der Waals surface area contributed by atoms with Crippen LogP contribution in [-0.2, 0) is 0 Å². The molecule has 0 aromatic heterocycles. The first-order chi connectivity index (χ1) is 9.45. The second-order valence-corrected chi connectivity index (χ2v) is 4.08. The minimum absolute atomic E-state index is 0.0942. The van der Waals surface area contributed by atoms with E-state index in [0.717, 1.165) is 0 Å². The molecule has 0 bridgehead atoms. The van der Waals surface area contributed by atoms with E-state index < -0.39 is 12.0 Å². The van der Waals surface area contributed by atoms with Gasteiger partial charge in [-0.05, 0) is 35.4 Å². The van der Waals surface area contributed by atoms with Crippen molar-refractivity contribution in [3.05, 3.63) is 48.0 Å². The summed E-state index contributed by atoms with van der Waals surface area (Å²) in [5.41, 5.74) is 11.7. The highest BCUT2D eigenvalue weighted by atomic mass is 16.5. The fourth-order valence-corrected chi connectivity index (χ4v) is 1.78. The Labute approximate surface area is 114 Å². The second kappa shape index (κ2) is 5.31. The van der Waals surface area contributed by atoms with Crippen LogP contribution in [0.5, 0.6) is 11.5 Å². The topological polar surface area (TPSA) is 116 Å². The third-order valence-electron chi connectivity index (χ3n) is 2.59. The number of phenolic OH excluding ortho intramolecular Hbond substituents is 1. The zero-order chi connectivity index (χ0) is 14.7. The summed E-state index contributed by atoms with van der Waals surface area (Å²) >= 11 is 0. The second-order valence-electron chi connectivity index (χ2n) is 4.08. The Kier molecular flexibility index (Phi) is 3.56. The Morgan fingerprint density at radius 2 is 1.75 bits per heavy atom. The number of rotatable bonds is 3. The predicted octanol–water partition coefficient (Wildman–Crippen LogP) is 1.62. The van der Waals surface area contributed by atoms with Crippen molar-refractivity contribution < 1.29 is 19.4 Å². The molecule has 0 aliphatic rings. The summed E-state index contributed by atoms with van der Waals surface area (Å²) in [5, 5.41) is 9.62. The van der Waals surface area contributed by atoms with Gasteiger partial charge in [-0.2, -0.15) is 0 Å². The first-order valence-corrected chi connectivity index (χ1v) is 5.67. The van der Waals surface area contributed by atoms with Crippen molar-refractivity contribution >= 4 is 12.0 Å². The Bertz CT molecular complexity index is 683. The van der Waals surface area contributed by atoms with Gasteiger partial charge < -0.3 is 21.3 Å². The van der Waals surface area contributed by atoms with Crippen LogP contribution >= 0.6 is 0 Å². The average molecular weight is 272 g/mol. The van der Waals surface area contributed by atoms with Crippen LogP contribution in [0.3, 0.4) is 0 Å². The van der Waals surface area contributed by atoms with Gasteiger partial charge in [0.1, 0.15) is 11.5 Å². The first kappa shape index (κ1) is 13.4. The standard InChI is InChI=1S/C14H12N2O4/c15-13(18)9-3-1-2-8(4-9)10-5-11(17)7-12(6-10)20-14(16)19/h1-7,17H,(H2,15,18)(H2,16,19). The monoisotopic (exact) mass is 272 g/mol. The van der Waals surface area contributed by atoms with E-state index in [1.807, 2.05) is 0 Å². The van der Waals surface area contributed by atoms with Crippen LogP contribution in [0.15, 0.2) is 42.5 Å². The summed E-state index contributed by atoms with van der Waals surface area (Å²) in [7, 11) is 0. The van der Waals surface area contributed by atoms with E-state index in [0.29, 0.717) is 16.7 Å². The molecular formula is C14H12N2O4. The van der Waals surface area contributed by atoms with Crippen molar-refractivity contribution in [1.29, 1.82) is 0 Å². The number of carbonyl (C=O) groups is 2. The van der Waals surface area contributed by atoms with Crippen LogP contribution < -0.4 is 16.2 Å². The van der Waals surface area contributed by atoms with E-state index >= 15 is 0 Å². The molecule has 5 N–H and O–H groups in total. The number of hydrogen-bond donors (Lipinski definition) is 3. The molecule has 0 atom stereocenters. The molecule has 0 radical (unpaired) electrons. The van der Waals surface area contributed by atoms with Crippen molar-refractivity contribution in [2.75, 3.05) is 0 Å². The lowest BCUT2D eigenvalue weighted by Gasteiger charge is -2.07. The number of carbonyl (C=O) groups excluding carboxylic acids is 2. The summed E-state index contributed by atoms with van der Waals surface area (Å²) in [6.07, 6.45) is -0.979. The number of benzene rings is 2. The van der Waals surface area contributed by atoms with Crippen LogP contribution in [0, 0.1) is 0 Å². The zero-order valence-electron chi connectivity index (χ0n) is 10.4. The normalized spacial score (nSPS) is 10.0. The number of ether oxygens (including phenoxy) is 1. The molecule has 102 valence electrons. The van der Waals surface area contributed by atoms with Gasteiger partial charge in [-0.3, -0.25) is 4.79 Å². The van der Waals surface area contributed by atoms with Crippen LogP contribution in [0.2, 0.25) is 0 Å². The molecule has 0 saturated carbocycles. The lowest BCUT2D eigenvalue weighted by atomic mass is 10.0. The maximum Gasteiger partial charge on any atom is 0.409 e. The Morgan fingerprint density at radius 1 is 1.00 bits per heavy atom. The predicted molar refractivity (Wildman–Crippen MR) is 72.3 cm³/mol. The van der Waals surface area contributed by atoms with Gasteiger partial charge >= 0.3 is 6.09 Å². The molecule has 2 aromatic rings. The molecule has 2 rings (SSSR count). The van der Waals surface area contributed by atoms with Gasteiger partial charge in [-0.15, -0.1) is 0 Å². The number of nitrogens with two attached hydrogens (primary N) is 2. The fourth-order valence-electron chi connectivity index (χ4n) is 1.78. The molecule has 0 aliphatic carbocycles. The minimum Gasteiger partial charge on any atom is -0.508 e. The molecule has 0 spiro atoms. The summed E-state index contributed by atoms with van der Waals surface area (Å²) in [6, 6.07) is 10.8. The van der Waals surface area contributed by atoms with Gasteiger partial charge in [0.2, 0.25) is 5.91 Å². The van der Waals surface area contributed by atoms with Crippen molar-refractivity contribution in [2.45, 2.75) is 0 Å². The van der Waals surface area contributed by atoms with Gasteiger partial charge in [-0.25, -0.2) is 4.79 Å². The molecule has 6 nitrogen and oxygen atoms in total. The molecule has 6 heteroatoms. The molecule has 2 amide bonds. The summed E-state index contributed by atoms with van der Waals surface area (Å²) in [5.74, 6) is -0.541. The van der Waals surface area contributed by atoms with Gasteiger partial charge in [0.15, 0.2) is 0 Å². The minimum atomic E-state index is -0.979. The number of aromatic hydroxyl groups is 1. The maximum absolute atomic E-state index is 11.2. The zero-order valence-corrected chi connectivity index (χ0v) is 10.4. The van der Waals surface area contributed by atoms with E-state index in [1.54, 1.807) is 24.3 Å². The van der Waals surface area contributed by atoms with Crippen LogP contribution in [-0.4, -0.2) is 17.1 Å². The molecule has 0 fully saturated rings. The smallest absolute Gasteiger partial charge is 0.409 e. The van der Waals surface area contributed by atoms with Gasteiger partial charge in [0, 0.05) is 11.6 Å². The third kappa shape index (κ3) is 3.05. The van der Waals surface area contributed by atoms with Crippen molar-refractivity contribution in [3.63, 3.8) is 0 Å². The van der Waals surface area contributed by atoms with E-state index in [2.05, 4.69) is 0 Å². The fraction of sp³-hybridized carbons (Fsp3) is 0. The summed E-state index contributed by atoms with van der Waals surface area (Å²) < 4.78 is 4.72. The van der Waals surface area contributed by atoms with Gasteiger partial charge in [0.25, 0.3) is 0 Å². The summed E-state index contributed by atoms with van der Waals surface area (Å²) in [6.45, 7) is 0. The summed E-state index contributed by atoms with van der Waals surface area (Å²) in [4.78, 5) is 21.9. The number of primary amides is 2. The van der Waals surface area contributed by atoms with E-state index in [9.17, 15) is 14.7 Å². The lowest BCUT2D eigenvalue weighted by molar-refractivity contribution is 0.1000. The maximum atomic E-state index is 11.2. The molecule has 0 saturated heterocycles. The molecule has 0 heterocycles. The van der Waals surface area contributed by atoms with Crippen LogP contribution in [0.4, 0.5) is 4.79 Å². The molecule has 2 aromatic carbocycles. The highest BCUT2D eigenvalue weighted by Crippen LogP contribution is 2.29. The quantitative estimate of drug-likeness (QED) is 0.787. The molecule has 0 unspecified atom stereocenters. The number of phenols is 1. The molecule has 20 heavy (non-hydrogen) atoms. The average Bonchev–Trinajstić information content (AvgIpc) is 2.37. The Balaban J connectivity index is 2.46. The van der Waals surface area contributed by atoms with Gasteiger partial charge in [0.05, 0.1) is 0 Å². The van der Waals surface area contributed by atoms with Gasteiger partial charge in [-0.1, -0.05) is 12.1 Å². The first-order valence-electron chi connectivity index (χ1n) is 5.67.